The molecule has 22 heavy (non-hydrogen) atoms. The molecule has 0 amide bonds. The maximum atomic E-state index is 5.82. The lowest BCUT2D eigenvalue weighted by Gasteiger charge is -2.32. The van der Waals surface area contributed by atoms with Gasteiger partial charge in [0.1, 0.15) is 17.2 Å². The highest BCUT2D eigenvalue weighted by molar-refractivity contribution is 5.85. The van der Waals surface area contributed by atoms with Crippen molar-refractivity contribution < 1.29 is 14.2 Å². The summed E-state index contributed by atoms with van der Waals surface area (Å²) in [6.45, 7) is 3.70. The molecule has 126 valence electrons. The van der Waals surface area contributed by atoms with Gasteiger partial charge in [0.25, 0.3) is 0 Å². The maximum Gasteiger partial charge on any atom is 0.130 e. The van der Waals surface area contributed by atoms with E-state index in [1.165, 1.54) is 12.8 Å². The molecule has 0 saturated carbocycles. The smallest absolute Gasteiger partial charge is 0.130 e. The third-order valence-corrected chi connectivity index (χ3v) is 4.14. The van der Waals surface area contributed by atoms with Crippen molar-refractivity contribution in [3.05, 3.63) is 17.7 Å². The highest BCUT2D eigenvalue weighted by Gasteiger charge is 2.22. The largest absolute Gasteiger partial charge is 0.496 e. The van der Waals surface area contributed by atoms with Crippen molar-refractivity contribution in [2.75, 3.05) is 41.0 Å². The zero-order valence-corrected chi connectivity index (χ0v) is 14.4. The minimum Gasteiger partial charge on any atom is -0.496 e. The molecular weight excluding hydrogens is 304 g/mol. The molecule has 6 heteroatoms. The third-order valence-electron chi connectivity index (χ3n) is 4.14. The van der Waals surface area contributed by atoms with E-state index in [2.05, 4.69) is 4.90 Å². The predicted octanol–water partition coefficient (Wildman–Crippen LogP) is 2.30. The maximum absolute atomic E-state index is 5.82. The molecule has 1 aromatic rings. The number of ether oxygens (including phenoxy) is 3. The molecule has 5 nitrogen and oxygen atoms in total. The van der Waals surface area contributed by atoms with Crippen LogP contribution in [0.4, 0.5) is 0 Å². The third kappa shape index (κ3) is 4.41. The fourth-order valence-electron chi connectivity index (χ4n) is 2.94. The number of nitrogens with two attached hydrogens (primary N) is 1. The molecule has 1 aliphatic rings. The second kappa shape index (κ2) is 9.08. The first-order valence-electron chi connectivity index (χ1n) is 7.43. The van der Waals surface area contributed by atoms with Crippen molar-refractivity contribution in [3.8, 4) is 17.2 Å². The quantitative estimate of drug-likeness (QED) is 0.867. The molecule has 1 heterocycles. The first kappa shape index (κ1) is 18.9. The number of methoxy groups -OCH3 is 3. The summed E-state index contributed by atoms with van der Waals surface area (Å²) in [5.74, 6) is 2.95. The van der Waals surface area contributed by atoms with E-state index in [1.807, 2.05) is 12.1 Å². The minimum absolute atomic E-state index is 0. The van der Waals surface area contributed by atoms with E-state index in [-0.39, 0.29) is 12.4 Å². The number of halogens is 1. The highest BCUT2D eigenvalue weighted by Crippen LogP contribution is 2.35. The van der Waals surface area contributed by atoms with E-state index < -0.39 is 0 Å². The number of benzene rings is 1. The van der Waals surface area contributed by atoms with Gasteiger partial charge < -0.3 is 19.9 Å². The van der Waals surface area contributed by atoms with E-state index in [4.69, 9.17) is 19.9 Å². The van der Waals surface area contributed by atoms with Crippen LogP contribution in [0.15, 0.2) is 12.1 Å². The van der Waals surface area contributed by atoms with Crippen LogP contribution in [0.1, 0.15) is 18.4 Å². The monoisotopic (exact) mass is 330 g/mol. The van der Waals surface area contributed by atoms with Crippen molar-refractivity contribution in [2.24, 2.45) is 11.7 Å². The van der Waals surface area contributed by atoms with Crippen LogP contribution in [0.2, 0.25) is 0 Å². The summed E-state index contributed by atoms with van der Waals surface area (Å²) in [5.41, 5.74) is 6.88. The van der Waals surface area contributed by atoms with Crippen molar-refractivity contribution >= 4 is 12.4 Å². The van der Waals surface area contributed by atoms with Crippen LogP contribution in [0.5, 0.6) is 17.2 Å². The van der Waals surface area contributed by atoms with Gasteiger partial charge in [0.05, 0.1) is 26.9 Å². The molecule has 1 fully saturated rings. The first-order chi connectivity index (χ1) is 10.2. The lowest BCUT2D eigenvalue weighted by Crippen LogP contribution is -2.38. The average Bonchev–Trinajstić information content (AvgIpc) is 2.55. The Balaban J connectivity index is 0.00000242. The fourth-order valence-corrected chi connectivity index (χ4v) is 2.94. The zero-order valence-electron chi connectivity index (χ0n) is 13.6. The van der Waals surface area contributed by atoms with Gasteiger partial charge >= 0.3 is 0 Å². The van der Waals surface area contributed by atoms with Gasteiger partial charge in [-0.3, -0.25) is 4.90 Å². The second-order valence-electron chi connectivity index (χ2n) is 5.49. The number of likely N-dealkylation sites (tertiary alicyclic amines) is 1. The van der Waals surface area contributed by atoms with Gasteiger partial charge in [-0.1, -0.05) is 0 Å². The number of nitrogens with zero attached hydrogens (tertiary/aromatic N) is 1. The Bertz CT molecular complexity index is 446. The van der Waals surface area contributed by atoms with Crippen LogP contribution in [0.3, 0.4) is 0 Å². The SMILES string of the molecule is COc1cc(OC)c(CN2CCCC(CN)C2)c(OC)c1.Cl. The van der Waals surface area contributed by atoms with Crippen LogP contribution in [0, 0.1) is 5.92 Å². The molecule has 1 atom stereocenters. The summed E-state index contributed by atoms with van der Waals surface area (Å²) >= 11 is 0. The van der Waals surface area contributed by atoms with Gasteiger partial charge in [-0.2, -0.15) is 0 Å². The standard InChI is InChI=1S/C16H26N2O3.ClH/c1-19-13-7-15(20-2)14(16(8-13)21-3)11-18-6-4-5-12(9-17)10-18;/h7-8,12H,4-6,9-11,17H2,1-3H3;1H. The molecule has 0 spiro atoms. The predicted molar refractivity (Wildman–Crippen MR) is 90.4 cm³/mol. The fraction of sp³-hybridized carbons (Fsp3) is 0.625. The Kier molecular flexibility index (Phi) is 7.79. The molecule has 2 rings (SSSR count). The van der Waals surface area contributed by atoms with Crippen molar-refractivity contribution in [3.63, 3.8) is 0 Å². The average molecular weight is 331 g/mol. The van der Waals surface area contributed by atoms with Gasteiger partial charge in [-0.15, -0.1) is 12.4 Å². The van der Waals surface area contributed by atoms with E-state index in [9.17, 15) is 0 Å². The molecule has 2 N–H and O–H groups in total. The highest BCUT2D eigenvalue weighted by atomic mass is 35.5. The van der Waals surface area contributed by atoms with Crippen LogP contribution >= 0.6 is 12.4 Å². The van der Waals surface area contributed by atoms with Gasteiger partial charge in [0, 0.05) is 25.2 Å². The Morgan fingerprint density at radius 1 is 1.14 bits per heavy atom. The number of rotatable bonds is 6. The van der Waals surface area contributed by atoms with Crippen LogP contribution in [-0.2, 0) is 6.54 Å². The molecule has 1 aliphatic heterocycles. The van der Waals surface area contributed by atoms with Crippen molar-refractivity contribution in [1.82, 2.24) is 4.90 Å². The van der Waals surface area contributed by atoms with E-state index in [0.29, 0.717) is 5.92 Å². The summed E-state index contributed by atoms with van der Waals surface area (Å²) in [5, 5.41) is 0. The van der Waals surface area contributed by atoms with Crippen LogP contribution in [0.25, 0.3) is 0 Å². The molecule has 1 saturated heterocycles. The Labute approximate surface area is 139 Å². The van der Waals surface area contributed by atoms with Gasteiger partial charge in [-0.05, 0) is 31.8 Å². The van der Waals surface area contributed by atoms with Crippen molar-refractivity contribution in [2.45, 2.75) is 19.4 Å². The van der Waals surface area contributed by atoms with Crippen LogP contribution < -0.4 is 19.9 Å². The number of hydrogen-bond donors (Lipinski definition) is 1. The minimum atomic E-state index is 0. The zero-order chi connectivity index (χ0) is 15.2. The van der Waals surface area contributed by atoms with Gasteiger partial charge in [-0.25, -0.2) is 0 Å². The number of hydrogen-bond acceptors (Lipinski definition) is 5. The second-order valence-corrected chi connectivity index (χ2v) is 5.49. The lowest BCUT2D eigenvalue weighted by molar-refractivity contribution is 0.167. The topological polar surface area (TPSA) is 57.0 Å². The summed E-state index contributed by atoms with van der Waals surface area (Å²) in [6.07, 6.45) is 2.42. The van der Waals surface area contributed by atoms with E-state index in [1.54, 1.807) is 21.3 Å². The molecule has 0 radical (unpaired) electrons. The summed E-state index contributed by atoms with van der Waals surface area (Å²) in [4.78, 5) is 2.42. The van der Waals surface area contributed by atoms with Gasteiger partial charge in [0.2, 0.25) is 0 Å². The lowest BCUT2D eigenvalue weighted by atomic mass is 9.97. The Hall–Kier alpha value is -1.17. The molecule has 0 bridgehead atoms. The molecule has 0 aromatic heterocycles. The van der Waals surface area contributed by atoms with E-state index in [0.717, 1.165) is 49.0 Å². The summed E-state index contributed by atoms with van der Waals surface area (Å²) in [7, 11) is 5.00. The molecule has 0 aliphatic carbocycles. The summed E-state index contributed by atoms with van der Waals surface area (Å²) < 4.78 is 16.3. The van der Waals surface area contributed by atoms with Crippen molar-refractivity contribution in [1.29, 1.82) is 0 Å². The van der Waals surface area contributed by atoms with Gasteiger partial charge in [0.15, 0.2) is 0 Å². The summed E-state index contributed by atoms with van der Waals surface area (Å²) in [6, 6.07) is 3.81. The molecular formula is C16H27ClN2O3. The Morgan fingerprint density at radius 3 is 2.27 bits per heavy atom. The molecule has 1 aromatic carbocycles. The first-order valence-corrected chi connectivity index (χ1v) is 7.43. The number of piperidine rings is 1. The normalized spacial score (nSPS) is 18.5. The van der Waals surface area contributed by atoms with Crippen LogP contribution in [-0.4, -0.2) is 45.9 Å². The van der Waals surface area contributed by atoms with E-state index >= 15 is 0 Å². The molecule has 1 unspecified atom stereocenters. The Morgan fingerprint density at radius 2 is 1.77 bits per heavy atom.